The predicted molar refractivity (Wildman–Crippen MR) is 91.9 cm³/mol. The molecule has 2 rings (SSSR count). The first-order chi connectivity index (χ1) is 10.0. The molecule has 0 radical (unpaired) electrons. The quantitative estimate of drug-likeness (QED) is 0.873. The van der Waals surface area contributed by atoms with Gasteiger partial charge in [-0.3, -0.25) is 4.79 Å². The molecule has 0 aromatic heterocycles. The Morgan fingerprint density at radius 2 is 2.24 bits per heavy atom. The number of anilines is 2. The van der Waals surface area contributed by atoms with E-state index in [9.17, 15) is 4.79 Å². The van der Waals surface area contributed by atoms with Crippen LogP contribution in [0.3, 0.4) is 0 Å². The van der Waals surface area contributed by atoms with Crippen molar-refractivity contribution in [3.8, 4) is 0 Å². The number of benzene rings is 1. The summed E-state index contributed by atoms with van der Waals surface area (Å²) in [5.74, 6) is 0.715. The maximum atomic E-state index is 12.5. The first-order valence-corrected chi connectivity index (χ1v) is 8.31. The molecule has 0 bridgehead atoms. The molecule has 1 fully saturated rings. The zero-order valence-electron chi connectivity index (χ0n) is 12.9. The van der Waals surface area contributed by atoms with Gasteiger partial charge in [0.25, 0.3) is 0 Å². The zero-order chi connectivity index (χ0) is 15.4. The Hall–Kier alpha value is -1.07. The minimum absolute atomic E-state index is 0.0642. The summed E-state index contributed by atoms with van der Waals surface area (Å²) >= 11 is 3.47. The highest BCUT2D eigenvalue weighted by molar-refractivity contribution is 9.10. The van der Waals surface area contributed by atoms with Crippen LogP contribution in [0.1, 0.15) is 26.2 Å². The third-order valence-corrected chi connectivity index (χ3v) is 4.60. The van der Waals surface area contributed by atoms with Crippen molar-refractivity contribution < 1.29 is 4.79 Å². The van der Waals surface area contributed by atoms with Crippen molar-refractivity contribution in [1.82, 2.24) is 5.32 Å². The van der Waals surface area contributed by atoms with Crippen molar-refractivity contribution in [3.05, 3.63) is 22.7 Å². The topological polar surface area (TPSA) is 44.4 Å². The normalized spacial score (nSPS) is 21.9. The second-order valence-electron chi connectivity index (χ2n) is 5.85. The largest absolute Gasteiger partial charge is 0.376 e. The molecule has 1 aliphatic rings. The fourth-order valence-electron chi connectivity index (χ4n) is 2.78. The third-order valence-electron chi connectivity index (χ3n) is 4.10. The molecular formula is C16H24BrN3O. The van der Waals surface area contributed by atoms with Gasteiger partial charge < -0.3 is 15.5 Å². The lowest BCUT2D eigenvalue weighted by molar-refractivity contribution is -0.119. The molecule has 2 N–H and O–H groups in total. The van der Waals surface area contributed by atoms with E-state index in [0.29, 0.717) is 5.92 Å². The summed E-state index contributed by atoms with van der Waals surface area (Å²) in [5, 5.41) is 6.40. The fraction of sp³-hybridized carbons (Fsp3) is 0.562. The molecule has 1 heterocycles. The number of rotatable bonds is 4. The molecule has 4 nitrogen and oxygen atoms in total. The van der Waals surface area contributed by atoms with Crippen LogP contribution in [0.15, 0.2) is 22.7 Å². The minimum Gasteiger partial charge on any atom is -0.376 e. The molecule has 1 aromatic rings. The lowest BCUT2D eigenvalue weighted by Crippen LogP contribution is -2.46. The number of amides is 1. The van der Waals surface area contributed by atoms with Crippen molar-refractivity contribution in [1.29, 1.82) is 0 Å². The highest BCUT2D eigenvalue weighted by Gasteiger charge is 2.26. The standard InChI is InChI=1S/C16H24BrN3O/c1-4-11-7-8-18-14(9-11)16(21)19-13-10-12(17)5-6-15(13)20(2)3/h5-6,10-11,14,18H,4,7-9H2,1-3H3,(H,19,21). The lowest BCUT2D eigenvalue weighted by Gasteiger charge is -2.29. The Labute approximate surface area is 135 Å². The van der Waals surface area contributed by atoms with E-state index in [0.717, 1.165) is 35.2 Å². The third kappa shape index (κ3) is 4.20. The molecule has 21 heavy (non-hydrogen) atoms. The second-order valence-corrected chi connectivity index (χ2v) is 6.77. The van der Waals surface area contributed by atoms with E-state index in [4.69, 9.17) is 0 Å². The minimum atomic E-state index is -0.0855. The molecule has 2 unspecified atom stereocenters. The average Bonchev–Trinajstić information content (AvgIpc) is 2.47. The van der Waals surface area contributed by atoms with Crippen LogP contribution in [-0.4, -0.2) is 32.6 Å². The molecule has 1 amide bonds. The van der Waals surface area contributed by atoms with Gasteiger partial charge in [-0.15, -0.1) is 0 Å². The van der Waals surface area contributed by atoms with Crippen molar-refractivity contribution in [3.63, 3.8) is 0 Å². The van der Waals surface area contributed by atoms with E-state index in [-0.39, 0.29) is 11.9 Å². The summed E-state index contributed by atoms with van der Waals surface area (Å²) in [6, 6.07) is 5.85. The van der Waals surface area contributed by atoms with Crippen molar-refractivity contribution in [2.45, 2.75) is 32.2 Å². The summed E-state index contributed by atoms with van der Waals surface area (Å²) in [6.45, 7) is 3.12. The number of hydrogen-bond donors (Lipinski definition) is 2. The number of hydrogen-bond acceptors (Lipinski definition) is 3. The van der Waals surface area contributed by atoms with E-state index in [1.54, 1.807) is 0 Å². The Kier molecular flexibility index (Phi) is 5.65. The molecule has 1 aromatic carbocycles. The van der Waals surface area contributed by atoms with E-state index < -0.39 is 0 Å². The van der Waals surface area contributed by atoms with Gasteiger partial charge in [0.2, 0.25) is 5.91 Å². The van der Waals surface area contributed by atoms with Gasteiger partial charge in [-0.1, -0.05) is 29.3 Å². The molecule has 0 aliphatic carbocycles. The number of halogens is 1. The summed E-state index contributed by atoms with van der Waals surface area (Å²) in [7, 11) is 3.95. The lowest BCUT2D eigenvalue weighted by atomic mass is 9.90. The maximum Gasteiger partial charge on any atom is 0.241 e. The van der Waals surface area contributed by atoms with E-state index in [2.05, 4.69) is 33.5 Å². The molecular weight excluding hydrogens is 330 g/mol. The van der Waals surface area contributed by atoms with Crippen LogP contribution < -0.4 is 15.5 Å². The fourth-order valence-corrected chi connectivity index (χ4v) is 3.15. The molecule has 116 valence electrons. The maximum absolute atomic E-state index is 12.5. The molecule has 1 aliphatic heterocycles. The summed E-state index contributed by atoms with van der Waals surface area (Å²) in [5.41, 5.74) is 1.86. The van der Waals surface area contributed by atoms with Crippen molar-refractivity contribution in [2.75, 3.05) is 30.9 Å². The van der Waals surface area contributed by atoms with E-state index in [1.807, 2.05) is 37.2 Å². The Morgan fingerprint density at radius 1 is 1.48 bits per heavy atom. The van der Waals surface area contributed by atoms with Crippen LogP contribution in [0.5, 0.6) is 0 Å². The van der Waals surface area contributed by atoms with Crippen LogP contribution in [0.2, 0.25) is 0 Å². The van der Waals surface area contributed by atoms with Gasteiger partial charge >= 0.3 is 0 Å². The molecule has 5 heteroatoms. The van der Waals surface area contributed by atoms with Gasteiger partial charge in [-0.05, 0) is 43.5 Å². The number of carbonyl (C=O) groups is 1. The first-order valence-electron chi connectivity index (χ1n) is 7.52. The van der Waals surface area contributed by atoms with Gasteiger partial charge in [0, 0.05) is 18.6 Å². The monoisotopic (exact) mass is 353 g/mol. The second kappa shape index (κ2) is 7.27. The summed E-state index contributed by atoms with van der Waals surface area (Å²) < 4.78 is 0.964. The Bertz CT molecular complexity index is 504. The van der Waals surface area contributed by atoms with Crippen molar-refractivity contribution >= 4 is 33.2 Å². The number of nitrogens with one attached hydrogen (secondary N) is 2. The number of piperidine rings is 1. The van der Waals surface area contributed by atoms with Gasteiger partial charge in [-0.25, -0.2) is 0 Å². The van der Waals surface area contributed by atoms with Gasteiger partial charge in [-0.2, -0.15) is 0 Å². The number of nitrogens with zero attached hydrogens (tertiary/aromatic N) is 1. The molecule has 0 spiro atoms. The van der Waals surface area contributed by atoms with Crippen LogP contribution in [-0.2, 0) is 4.79 Å². The molecule has 0 saturated carbocycles. The smallest absolute Gasteiger partial charge is 0.241 e. The molecule has 2 atom stereocenters. The van der Waals surface area contributed by atoms with Crippen molar-refractivity contribution in [2.24, 2.45) is 5.92 Å². The predicted octanol–water partition coefficient (Wildman–Crippen LogP) is 3.23. The van der Waals surface area contributed by atoms with Crippen LogP contribution >= 0.6 is 15.9 Å². The van der Waals surface area contributed by atoms with Gasteiger partial charge in [0.15, 0.2) is 0 Å². The summed E-state index contributed by atoms with van der Waals surface area (Å²) in [6.07, 6.45) is 3.24. The Morgan fingerprint density at radius 3 is 2.90 bits per heavy atom. The van der Waals surface area contributed by atoms with Crippen LogP contribution in [0.25, 0.3) is 0 Å². The SMILES string of the molecule is CCC1CCNC(C(=O)Nc2cc(Br)ccc2N(C)C)C1. The van der Waals surface area contributed by atoms with Gasteiger partial charge in [0.05, 0.1) is 17.4 Å². The zero-order valence-corrected chi connectivity index (χ0v) is 14.5. The summed E-state index contributed by atoms with van der Waals surface area (Å²) in [4.78, 5) is 14.5. The first kappa shape index (κ1) is 16.3. The van der Waals surface area contributed by atoms with Crippen LogP contribution in [0, 0.1) is 5.92 Å². The molecule has 1 saturated heterocycles. The van der Waals surface area contributed by atoms with E-state index in [1.165, 1.54) is 6.42 Å². The van der Waals surface area contributed by atoms with E-state index >= 15 is 0 Å². The highest BCUT2D eigenvalue weighted by atomic mass is 79.9. The van der Waals surface area contributed by atoms with Gasteiger partial charge in [0.1, 0.15) is 0 Å². The highest BCUT2D eigenvalue weighted by Crippen LogP contribution is 2.29. The number of carbonyl (C=O) groups excluding carboxylic acids is 1. The van der Waals surface area contributed by atoms with Crippen LogP contribution in [0.4, 0.5) is 11.4 Å². The Balaban J connectivity index is 2.10. The average molecular weight is 354 g/mol.